The van der Waals surface area contributed by atoms with Gasteiger partial charge in [-0.15, -0.1) is 11.3 Å². The Hall–Kier alpha value is -0.950. The zero-order valence-corrected chi connectivity index (χ0v) is 10.9. The Morgan fingerprint density at radius 3 is 3.06 bits per heavy atom. The second-order valence-corrected chi connectivity index (χ2v) is 5.15. The van der Waals surface area contributed by atoms with Crippen molar-refractivity contribution in [1.82, 2.24) is 14.8 Å². The number of hydrogen-bond acceptors (Lipinski definition) is 5. The molecule has 2 rings (SSSR count). The van der Waals surface area contributed by atoms with Crippen LogP contribution in [0.3, 0.4) is 0 Å². The molecule has 1 atom stereocenters. The number of ether oxygens (including phenoxy) is 1. The molecule has 1 unspecified atom stereocenters. The van der Waals surface area contributed by atoms with E-state index in [1.54, 1.807) is 11.3 Å². The van der Waals surface area contributed by atoms with Gasteiger partial charge in [-0.1, -0.05) is 0 Å². The highest BCUT2D eigenvalue weighted by Gasteiger charge is 2.12. The van der Waals surface area contributed by atoms with Crippen molar-refractivity contribution in [3.8, 4) is 0 Å². The van der Waals surface area contributed by atoms with Crippen molar-refractivity contribution in [1.29, 1.82) is 0 Å². The maximum absolute atomic E-state index is 5.55. The van der Waals surface area contributed by atoms with Crippen molar-refractivity contribution in [2.24, 2.45) is 5.84 Å². The Morgan fingerprint density at radius 1 is 1.59 bits per heavy atom. The molecule has 0 aliphatic carbocycles. The highest BCUT2D eigenvalue weighted by molar-refractivity contribution is 7.15. The van der Waals surface area contributed by atoms with E-state index in [2.05, 4.69) is 10.4 Å². The number of hydrazine groups is 1. The molecule has 2 aromatic rings. The summed E-state index contributed by atoms with van der Waals surface area (Å²) in [5.74, 6) is 5.51. The summed E-state index contributed by atoms with van der Waals surface area (Å²) in [5, 5.41) is 2.02. The lowest BCUT2D eigenvalue weighted by Gasteiger charge is -2.16. The predicted octanol–water partition coefficient (Wildman–Crippen LogP) is 1.20. The molecule has 0 aromatic carbocycles. The van der Waals surface area contributed by atoms with Crippen LogP contribution in [0.5, 0.6) is 0 Å². The third-order valence-electron chi connectivity index (χ3n) is 2.47. The largest absolute Gasteiger partial charge is 0.377 e. The average molecular weight is 254 g/mol. The van der Waals surface area contributed by atoms with Gasteiger partial charge >= 0.3 is 0 Å². The Morgan fingerprint density at radius 2 is 2.41 bits per heavy atom. The molecule has 0 aliphatic heterocycles. The van der Waals surface area contributed by atoms with Crippen LogP contribution in [0.1, 0.15) is 19.5 Å². The Bertz CT molecular complexity index is 436. The number of nitrogens with two attached hydrogens (primary N) is 1. The lowest BCUT2D eigenvalue weighted by Crippen LogP contribution is -2.41. The summed E-state index contributed by atoms with van der Waals surface area (Å²) in [5.41, 5.74) is 3.81. The van der Waals surface area contributed by atoms with Crippen molar-refractivity contribution >= 4 is 16.3 Å². The molecule has 0 fully saturated rings. The van der Waals surface area contributed by atoms with Gasteiger partial charge in [0.2, 0.25) is 0 Å². The van der Waals surface area contributed by atoms with E-state index in [9.17, 15) is 0 Å². The molecule has 3 N–H and O–H groups in total. The van der Waals surface area contributed by atoms with Gasteiger partial charge in [-0.3, -0.25) is 15.7 Å². The highest BCUT2D eigenvalue weighted by atomic mass is 32.1. The molecule has 0 amide bonds. The summed E-state index contributed by atoms with van der Waals surface area (Å²) < 4.78 is 7.57. The third kappa shape index (κ3) is 3.26. The number of rotatable bonds is 6. The monoisotopic (exact) mass is 254 g/mol. The fourth-order valence-electron chi connectivity index (χ4n) is 1.60. The molecule has 2 heterocycles. The van der Waals surface area contributed by atoms with Gasteiger partial charge in [0.15, 0.2) is 4.96 Å². The average Bonchev–Trinajstić information content (AvgIpc) is 2.83. The topological polar surface area (TPSA) is 64.6 Å². The highest BCUT2D eigenvalue weighted by Crippen LogP contribution is 2.12. The van der Waals surface area contributed by atoms with Crippen LogP contribution in [-0.4, -0.2) is 28.1 Å². The summed E-state index contributed by atoms with van der Waals surface area (Å²) in [6.45, 7) is 4.62. The van der Waals surface area contributed by atoms with E-state index in [-0.39, 0.29) is 12.1 Å². The zero-order chi connectivity index (χ0) is 12.3. The third-order valence-corrected chi connectivity index (χ3v) is 3.24. The Kier molecular flexibility index (Phi) is 4.11. The van der Waals surface area contributed by atoms with Gasteiger partial charge in [-0.2, -0.15) is 0 Å². The molecule has 0 aliphatic rings. The lowest BCUT2D eigenvalue weighted by molar-refractivity contribution is 0.0611. The van der Waals surface area contributed by atoms with Crippen LogP contribution in [0.4, 0.5) is 0 Å². The van der Waals surface area contributed by atoms with E-state index >= 15 is 0 Å². The maximum atomic E-state index is 5.55. The smallest absolute Gasteiger partial charge is 0.193 e. The number of nitrogens with zero attached hydrogens (tertiary/aromatic N) is 2. The summed E-state index contributed by atoms with van der Waals surface area (Å²) >= 11 is 1.63. The normalized spacial score (nSPS) is 13.6. The minimum absolute atomic E-state index is 0.0991. The standard InChI is InChI=1S/C11H18N4OS/c1-8(2)16-7-10(14-12)5-9-6-15-3-4-17-11(15)13-9/h3-4,6,8,10,14H,5,7,12H2,1-2H3. The van der Waals surface area contributed by atoms with Crippen LogP contribution in [-0.2, 0) is 11.2 Å². The van der Waals surface area contributed by atoms with Gasteiger partial charge in [0.25, 0.3) is 0 Å². The molecule has 6 heteroatoms. The number of fused-ring (bicyclic) bond motifs is 1. The molecular formula is C11H18N4OS. The van der Waals surface area contributed by atoms with Crippen molar-refractivity contribution in [3.63, 3.8) is 0 Å². The molecule has 2 aromatic heterocycles. The van der Waals surface area contributed by atoms with E-state index in [1.807, 2.05) is 36.0 Å². The van der Waals surface area contributed by atoms with Crippen LogP contribution in [0.25, 0.3) is 4.96 Å². The SMILES string of the molecule is CC(C)OCC(Cc1cn2ccsc2n1)NN. The predicted molar refractivity (Wildman–Crippen MR) is 69.0 cm³/mol. The zero-order valence-electron chi connectivity index (χ0n) is 10.1. The molecule has 17 heavy (non-hydrogen) atoms. The second kappa shape index (κ2) is 5.59. The first kappa shape index (κ1) is 12.5. The minimum Gasteiger partial charge on any atom is -0.377 e. The molecule has 0 spiro atoms. The van der Waals surface area contributed by atoms with E-state index in [1.165, 1.54) is 0 Å². The van der Waals surface area contributed by atoms with Gasteiger partial charge in [-0.05, 0) is 13.8 Å². The van der Waals surface area contributed by atoms with E-state index < -0.39 is 0 Å². The summed E-state index contributed by atoms with van der Waals surface area (Å²) in [7, 11) is 0. The fourth-order valence-corrected chi connectivity index (χ4v) is 2.32. The van der Waals surface area contributed by atoms with Crippen LogP contribution >= 0.6 is 11.3 Å². The van der Waals surface area contributed by atoms with E-state index in [0.717, 1.165) is 17.1 Å². The fraction of sp³-hybridized carbons (Fsp3) is 0.545. The molecule has 0 radical (unpaired) electrons. The second-order valence-electron chi connectivity index (χ2n) is 4.27. The van der Waals surface area contributed by atoms with Gasteiger partial charge < -0.3 is 4.74 Å². The number of nitrogens with one attached hydrogen (secondary N) is 1. The van der Waals surface area contributed by atoms with Crippen LogP contribution in [0, 0.1) is 0 Å². The number of hydrogen-bond donors (Lipinski definition) is 2. The first-order chi connectivity index (χ1) is 8.19. The van der Waals surface area contributed by atoms with Gasteiger partial charge in [-0.25, -0.2) is 4.98 Å². The molecule has 5 nitrogen and oxygen atoms in total. The van der Waals surface area contributed by atoms with E-state index in [4.69, 9.17) is 10.6 Å². The lowest BCUT2D eigenvalue weighted by atomic mass is 10.2. The van der Waals surface area contributed by atoms with Crippen molar-refractivity contribution in [2.75, 3.05) is 6.61 Å². The maximum Gasteiger partial charge on any atom is 0.193 e. The van der Waals surface area contributed by atoms with Crippen molar-refractivity contribution < 1.29 is 4.74 Å². The summed E-state index contributed by atoms with van der Waals surface area (Å²) in [6, 6.07) is 0.0991. The minimum atomic E-state index is 0.0991. The molecule has 0 bridgehead atoms. The molecule has 0 saturated carbocycles. The van der Waals surface area contributed by atoms with Gasteiger partial charge in [0.05, 0.1) is 24.4 Å². The Labute approximate surface area is 105 Å². The Balaban J connectivity index is 1.95. The molecule has 94 valence electrons. The van der Waals surface area contributed by atoms with Crippen LogP contribution in [0.15, 0.2) is 17.8 Å². The van der Waals surface area contributed by atoms with Gasteiger partial charge in [0.1, 0.15) is 0 Å². The summed E-state index contributed by atoms with van der Waals surface area (Å²) in [4.78, 5) is 5.53. The van der Waals surface area contributed by atoms with Crippen molar-refractivity contribution in [3.05, 3.63) is 23.5 Å². The van der Waals surface area contributed by atoms with Gasteiger partial charge in [0, 0.05) is 24.2 Å². The van der Waals surface area contributed by atoms with Crippen LogP contribution in [0.2, 0.25) is 0 Å². The number of imidazole rings is 1. The molecular weight excluding hydrogens is 236 g/mol. The van der Waals surface area contributed by atoms with Crippen LogP contribution < -0.4 is 11.3 Å². The number of aromatic nitrogens is 2. The first-order valence-electron chi connectivity index (χ1n) is 5.68. The van der Waals surface area contributed by atoms with E-state index in [0.29, 0.717) is 6.61 Å². The van der Waals surface area contributed by atoms with Crippen molar-refractivity contribution in [2.45, 2.75) is 32.4 Å². The first-order valence-corrected chi connectivity index (χ1v) is 6.56. The summed E-state index contributed by atoms with van der Waals surface area (Å²) in [6.07, 6.45) is 5.03. The molecule has 0 saturated heterocycles. The number of thiazole rings is 1. The quantitative estimate of drug-likeness (QED) is 0.600.